The molecule has 2 rings (SSSR count). The SMILES string of the molecule is CS(=O)(=O)CCN1CCN(C(=O)C2CCCN2S(C)(=O)=O)CC1. The Morgan fingerprint density at radius 1 is 1.00 bits per heavy atom. The number of amides is 1. The minimum absolute atomic E-state index is 0.116. The molecule has 0 radical (unpaired) electrons. The Bertz CT molecular complexity index is 639. The second-order valence-corrected chi connectivity index (χ2v) is 10.5. The number of carbonyl (C=O) groups is 1. The quantitative estimate of drug-likeness (QED) is 0.593. The maximum absolute atomic E-state index is 12.6. The number of hydrogen-bond acceptors (Lipinski definition) is 6. The summed E-state index contributed by atoms with van der Waals surface area (Å²) in [7, 11) is -6.35. The standard InChI is InChI=1S/C13H25N3O5S2/c1-22(18,19)11-10-14-6-8-15(9-7-14)13(17)12-4-3-5-16(12)23(2,20)21/h12H,3-11H2,1-2H3. The molecule has 0 aromatic rings. The first-order valence-corrected chi connectivity index (χ1v) is 11.6. The van der Waals surface area contributed by atoms with Crippen LogP contribution in [-0.4, -0.2) is 100 Å². The zero-order valence-electron chi connectivity index (χ0n) is 13.6. The first-order valence-electron chi connectivity index (χ1n) is 7.73. The van der Waals surface area contributed by atoms with Crippen LogP contribution in [0.25, 0.3) is 0 Å². The largest absolute Gasteiger partial charge is 0.339 e. The molecule has 2 aliphatic heterocycles. The van der Waals surface area contributed by atoms with Crippen LogP contribution in [0.1, 0.15) is 12.8 Å². The minimum atomic E-state index is -3.36. The van der Waals surface area contributed by atoms with Gasteiger partial charge >= 0.3 is 0 Å². The molecule has 0 spiro atoms. The van der Waals surface area contributed by atoms with Crippen LogP contribution in [0.5, 0.6) is 0 Å². The molecule has 0 saturated carbocycles. The number of hydrogen-bond donors (Lipinski definition) is 0. The van der Waals surface area contributed by atoms with E-state index in [0.717, 1.165) is 6.26 Å². The van der Waals surface area contributed by atoms with Gasteiger partial charge in [-0.05, 0) is 12.8 Å². The van der Waals surface area contributed by atoms with Crippen molar-refractivity contribution < 1.29 is 21.6 Å². The molecule has 2 fully saturated rings. The second-order valence-electron chi connectivity index (χ2n) is 6.33. The lowest BCUT2D eigenvalue weighted by atomic mass is 10.2. The van der Waals surface area contributed by atoms with Crippen LogP contribution in [-0.2, 0) is 24.7 Å². The van der Waals surface area contributed by atoms with Gasteiger partial charge in [0.2, 0.25) is 15.9 Å². The van der Waals surface area contributed by atoms with Gasteiger partial charge in [-0.15, -0.1) is 0 Å². The van der Waals surface area contributed by atoms with Crippen LogP contribution < -0.4 is 0 Å². The summed E-state index contributed by atoms with van der Waals surface area (Å²) in [6.07, 6.45) is 3.63. The highest BCUT2D eigenvalue weighted by atomic mass is 32.2. The Labute approximate surface area is 138 Å². The first kappa shape index (κ1) is 18.6. The molecule has 2 heterocycles. The van der Waals surface area contributed by atoms with Gasteiger partial charge in [0.1, 0.15) is 15.9 Å². The van der Waals surface area contributed by atoms with E-state index in [0.29, 0.717) is 52.1 Å². The van der Waals surface area contributed by atoms with E-state index < -0.39 is 25.9 Å². The highest BCUT2D eigenvalue weighted by molar-refractivity contribution is 7.90. The van der Waals surface area contributed by atoms with Crippen molar-refractivity contribution in [3.8, 4) is 0 Å². The summed E-state index contributed by atoms with van der Waals surface area (Å²) in [4.78, 5) is 16.3. The fourth-order valence-corrected chi connectivity index (χ4v) is 4.79. The third-order valence-corrected chi connectivity index (χ3v) is 6.59. The van der Waals surface area contributed by atoms with Crippen LogP contribution in [0.2, 0.25) is 0 Å². The van der Waals surface area contributed by atoms with E-state index in [1.165, 1.54) is 10.6 Å². The van der Waals surface area contributed by atoms with Crippen LogP contribution in [0.4, 0.5) is 0 Å². The summed E-state index contributed by atoms with van der Waals surface area (Å²) in [5.74, 6) is -0.0125. The summed E-state index contributed by atoms with van der Waals surface area (Å²) in [6, 6.07) is -0.576. The van der Waals surface area contributed by atoms with E-state index >= 15 is 0 Å². The molecule has 8 nitrogen and oxygen atoms in total. The zero-order chi connectivity index (χ0) is 17.3. The van der Waals surface area contributed by atoms with Gasteiger partial charge in [0, 0.05) is 45.5 Å². The highest BCUT2D eigenvalue weighted by Crippen LogP contribution is 2.22. The van der Waals surface area contributed by atoms with Gasteiger partial charge < -0.3 is 4.90 Å². The summed E-state index contributed by atoms with van der Waals surface area (Å²) in [5, 5.41) is 0. The van der Waals surface area contributed by atoms with Crippen molar-refractivity contribution in [1.82, 2.24) is 14.1 Å². The second kappa shape index (κ2) is 7.04. The first-order chi connectivity index (χ1) is 10.6. The van der Waals surface area contributed by atoms with E-state index in [9.17, 15) is 21.6 Å². The van der Waals surface area contributed by atoms with Gasteiger partial charge in [0.15, 0.2) is 0 Å². The van der Waals surface area contributed by atoms with Gasteiger partial charge in [-0.2, -0.15) is 4.31 Å². The average molecular weight is 367 g/mol. The van der Waals surface area contributed by atoms with Gasteiger partial charge in [-0.3, -0.25) is 9.69 Å². The maximum Gasteiger partial charge on any atom is 0.241 e. The maximum atomic E-state index is 12.6. The molecule has 0 aromatic heterocycles. The molecular weight excluding hydrogens is 342 g/mol. The lowest BCUT2D eigenvalue weighted by molar-refractivity contribution is -0.136. The number of carbonyl (C=O) groups excluding carboxylic acids is 1. The van der Waals surface area contributed by atoms with Crippen molar-refractivity contribution in [2.45, 2.75) is 18.9 Å². The number of rotatable bonds is 5. The van der Waals surface area contributed by atoms with Crippen LogP contribution in [0, 0.1) is 0 Å². The highest BCUT2D eigenvalue weighted by Gasteiger charge is 2.39. The molecule has 1 atom stereocenters. The number of sulfonamides is 1. The van der Waals surface area contributed by atoms with E-state index in [1.807, 2.05) is 4.90 Å². The fourth-order valence-electron chi connectivity index (χ4n) is 3.08. The molecule has 2 saturated heterocycles. The number of piperazine rings is 1. The van der Waals surface area contributed by atoms with E-state index in [-0.39, 0.29) is 11.7 Å². The lowest BCUT2D eigenvalue weighted by Gasteiger charge is -2.36. The van der Waals surface area contributed by atoms with Crippen molar-refractivity contribution in [2.24, 2.45) is 0 Å². The lowest BCUT2D eigenvalue weighted by Crippen LogP contribution is -2.54. The molecular formula is C13H25N3O5S2. The van der Waals surface area contributed by atoms with E-state index in [4.69, 9.17) is 0 Å². The van der Waals surface area contributed by atoms with Crippen LogP contribution >= 0.6 is 0 Å². The van der Waals surface area contributed by atoms with E-state index in [2.05, 4.69) is 0 Å². The third kappa shape index (κ3) is 5.13. The van der Waals surface area contributed by atoms with Gasteiger partial charge in [-0.1, -0.05) is 0 Å². The van der Waals surface area contributed by atoms with E-state index in [1.54, 1.807) is 4.90 Å². The topological polar surface area (TPSA) is 95.1 Å². The van der Waals surface area contributed by atoms with Gasteiger partial charge in [0.25, 0.3) is 0 Å². The van der Waals surface area contributed by atoms with Crippen molar-refractivity contribution >= 4 is 25.8 Å². The fraction of sp³-hybridized carbons (Fsp3) is 0.923. The number of nitrogens with zero attached hydrogens (tertiary/aromatic N) is 3. The molecule has 1 amide bonds. The Morgan fingerprint density at radius 3 is 2.13 bits per heavy atom. The molecule has 2 aliphatic rings. The monoisotopic (exact) mass is 367 g/mol. The molecule has 0 aliphatic carbocycles. The molecule has 10 heteroatoms. The van der Waals surface area contributed by atoms with Crippen LogP contribution in [0.3, 0.4) is 0 Å². The summed E-state index contributed by atoms with van der Waals surface area (Å²) in [6.45, 7) is 3.14. The molecule has 0 aromatic carbocycles. The normalized spacial score (nSPS) is 25.0. The molecule has 0 bridgehead atoms. The van der Waals surface area contributed by atoms with Crippen LogP contribution in [0.15, 0.2) is 0 Å². The summed E-state index contributed by atoms with van der Waals surface area (Å²) >= 11 is 0. The van der Waals surface area contributed by atoms with Crippen molar-refractivity contribution in [3.05, 3.63) is 0 Å². The Kier molecular flexibility index (Phi) is 5.70. The molecule has 23 heavy (non-hydrogen) atoms. The predicted molar refractivity (Wildman–Crippen MR) is 87.3 cm³/mol. The number of sulfone groups is 1. The smallest absolute Gasteiger partial charge is 0.241 e. The summed E-state index contributed by atoms with van der Waals surface area (Å²) < 4.78 is 47.2. The van der Waals surface area contributed by atoms with Crippen molar-refractivity contribution in [3.63, 3.8) is 0 Å². The minimum Gasteiger partial charge on any atom is -0.339 e. The van der Waals surface area contributed by atoms with Crippen molar-refractivity contribution in [1.29, 1.82) is 0 Å². The zero-order valence-corrected chi connectivity index (χ0v) is 15.3. The van der Waals surface area contributed by atoms with Crippen molar-refractivity contribution in [2.75, 3.05) is 57.5 Å². The van der Waals surface area contributed by atoms with Gasteiger partial charge in [-0.25, -0.2) is 16.8 Å². The molecule has 0 N–H and O–H groups in total. The Morgan fingerprint density at radius 2 is 1.61 bits per heavy atom. The Hall–Kier alpha value is -0.710. The molecule has 134 valence electrons. The molecule has 1 unspecified atom stereocenters. The summed E-state index contributed by atoms with van der Waals surface area (Å²) in [5.41, 5.74) is 0. The van der Waals surface area contributed by atoms with Gasteiger partial charge in [0.05, 0.1) is 12.0 Å². The predicted octanol–water partition coefficient (Wildman–Crippen LogP) is -1.40. The average Bonchev–Trinajstić information content (AvgIpc) is 2.93. The third-order valence-electron chi connectivity index (χ3n) is 4.38. The Balaban J connectivity index is 1.89.